The molecule has 116 valence electrons. The lowest BCUT2D eigenvalue weighted by Gasteiger charge is -2.37. The number of hydrogen-bond donors (Lipinski definition) is 0. The van der Waals surface area contributed by atoms with E-state index in [0.29, 0.717) is 6.42 Å². The molecule has 0 aromatic heterocycles. The highest BCUT2D eigenvalue weighted by Crippen LogP contribution is 2.26. The summed E-state index contributed by atoms with van der Waals surface area (Å²) in [5, 5.41) is 0. The molecule has 3 nitrogen and oxygen atoms in total. The third kappa shape index (κ3) is 5.71. The van der Waals surface area contributed by atoms with Gasteiger partial charge in [-0.05, 0) is 51.1 Å². The molecule has 1 saturated heterocycles. The Hall–Kier alpha value is -1.00. The van der Waals surface area contributed by atoms with Crippen molar-refractivity contribution < 1.29 is 9.53 Å². The van der Waals surface area contributed by atoms with Crippen LogP contribution in [-0.2, 0) is 9.53 Å². The Bertz CT molecular complexity index is 441. The number of carbonyl (C=O) groups excluding carboxylic acids is 1. The molecule has 0 amide bonds. The molecular formula is C17H25NO2S. The Balaban J connectivity index is 1.63. The van der Waals surface area contributed by atoms with Crippen molar-refractivity contribution in [1.29, 1.82) is 0 Å². The van der Waals surface area contributed by atoms with Crippen molar-refractivity contribution in [3.63, 3.8) is 0 Å². The van der Waals surface area contributed by atoms with Crippen LogP contribution in [0.4, 0.5) is 0 Å². The van der Waals surface area contributed by atoms with E-state index in [1.165, 1.54) is 4.90 Å². The highest BCUT2D eigenvalue weighted by atomic mass is 32.2. The van der Waals surface area contributed by atoms with Crippen LogP contribution < -0.4 is 0 Å². The summed E-state index contributed by atoms with van der Waals surface area (Å²) in [4.78, 5) is 15.5. The molecule has 0 aliphatic carbocycles. The Labute approximate surface area is 132 Å². The van der Waals surface area contributed by atoms with Crippen molar-refractivity contribution in [3.8, 4) is 0 Å². The minimum absolute atomic E-state index is 0.0456. The average Bonchev–Trinajstić information content (AvgIpc) is 2.48. The molecule has 0 unspecified atom stereocenters. The summed E-state index contributed by atoms with van der Waals surface area (Å²) >= 11 is 1.79. The summed E-state index contributed by atoms with van der Waals surface area (Å²) in [6, 6.07) is 10.3. The first-order valence-corrected chi connectivity index (χ1v) is 8.64. The molecule has 1 aromatic carbocycles. The molecule has 1 aliphatic heterocycles. The van der Waals surface area contributed by atoms with Gasteiger partial charge in [-0.15, -0.1) is 11.8 Å². The number of rotatable bonds is 6. The largest absolute Gasteiger partial charge is 0.459 e. The smallest absolute Gasteiger partial charge is 0.306 e. The second-order valence-electron chi connectivity index (χ2n) is 5.99. The Kier molecular flexibility index (Phi) is 6.12. The molecule has 4 heteroatoms. The highest BCUT2D eigenvalue weighted by Gasteiger charge is 2.32. The summed E-state index contributed by atoms with van der Waals surface area (Å²) < 4.78 is 5.70. The minimum atomic E-state index is -0.254. The number of carbonyl (C=O) groups is 1. The number of piperidine rings is 1. The van der Waals surface area contributed by atoms with Crippen LogP contribution in [0.25, 0.3) is 0 Å². The lowest BCUT2D eigenvalue weighted by atomic mass is 9.93. The highest BCUT2D eigenvalue weighted by molar-refractivity contribution is 7.99. The van der Waals surface area contributed by atoms with Gasteiger partial charge in [-0.25, -0.2) is 0 Å². The Morgan fingerprint density at radius 1 is 1.29 bits per heavy atom. The van der Waals surface area contributed by atoms with Gasteiger partial charge in [0, 0.05) is 24.4 Å². The van der Waals surface area contributed by atoms with Gasteiger partial charge < -0.3 is 9.64 Å². The normalized spacial score (nSPS) is 18.4. The molecule has 0 radical (unpaired) electrons. The Morgan fingerprint density at radius 3 is 2.62 bits per heavy atom. The van der Waals surface area contributed by atoms with Gasteiger partial charge in [-0.3, -0.25) is 4.79 Å². The molecule has 1 heterocycles. The van der Waals surface area contributed by atoms with E-state index in [1.54, 1.807) is 11.8 Å². The molecule has 0 atom stereocenters. The lowest BCUT2D eigenvalue weighted by molar-refractivity contribution is -0.162. The molecule has 0 bridgehead atoms. The number of esters is 1. The standard InChI is InChI=1S/C17H25NO2S/c1-17(10-12-18(2)13-11-17)20-16(19)9-6-14-21-15-7-4-3-5-8-15/h3-5,7-8H,6,9-14H2,1-2H3. The number of thioether (sulfide) groups is 1. The first-order valence-electron chi connectivity index (χ1n) is 7.66. The Morgan fingerprint density at radius 2 is 1.95 bits per heavy atom. The average molecular weight is 307 g/mol. The molecule has 1 aromatic rings. The fourth-order valence-corrected chi connectivity index (χ4v) is 3.32. The predicted molar refractivity (Wildman–Crippen MR) is 87.6 cm³/mol. The van der Waals surface area contributed by atoms with E-state index in [4.69, 9.17) is 4.74 Å². The van der Waals surface area contributed by atoms with Crippen LogP contribution in [0.2, 0.25) is 0 Å². The van der Waals surface area contributed by atoms with Crippen molar-refractivity contribution in [2.24, 2.45) is 0 Å². The molecule has 1 fully saturated rings. The summed E-state index contributed by atoms with van der Waals surface area (Å²) in [6.45, 7) is 4.08. The van der Waals surface area contributed by atoms with Crippen LogP contribution in [0.5, 0.6) is 0 Å². The zero-order chi connectivity index (χ0) is 15.1. The lowest BCUT2D eigenvalue weighted by Crippen LogP contribution is -2.43. The first kappa shape index (κ1) is 16.4. The van der Waals surface area contributed by atoms with Crippen LogP contribution >= 0.6 is 11.8 Å². The molecule has 1 aliphatic rings. The van der Waals surface area contributed by atoms with E-state index in [0.717, 1.165) is 38.1 Å². The molecule has 0 saturated carbocycles. The van der Waals surface area contributed by atoms with Crippen LogP contribution in [-0.4, -0.2) is 42.4 Å². The zero-order valence-corrected chi connectivity index (χ0v) is 13.8. The van der Waals surface area contributed by atoms with Crippen molar-refractivity contribution in [3.05, 3.63) is 30.3 Å². The van der Waals surface area contributed by atoms with Gasteiger partial charge in [0.15, 0.2) is 0 Å². The number of ether oxygens (including phenoxy) is 1. The fourth-order valence-electron chi connectivity index (χ4n) is 2.44. The molecule has 0 N–H and O–H groups in total. The van der Waals surface area contributed by atoms with Crippen LogP contribution in [0, 0.1) is 0 Å². The van der Waals surface area contributed by atoms with Crippen molar-refractivity contribution in [2.45, 2.75) is 43.1 Å². The summed E-state index contributed by atoms with van der Waals surface area (Å²) in [6.07, 6.45) is 3.27. The second-order valence-corrected chi connectivity index (χ2v) is 7.16. The first-order chi connectivity index (χ1) is 10.1. The second kappa shape index (κ2) is 7.85. The predicted octanol–water partition coefficient (Wildman–Crippen LogP) is 3.59. The van der Waals surface area contributed by atoms with Crippen molar-refractivity contribution in [2.75, 3.05) is 25.9 Å². The third-order valence-corrected chi connectivity index (χ3v) is 5.04. The molecule has 0 spiro atoms. The van der Waals surface area contributed by atoms with E-state index in [2.05, 4.69) is 31.0 Å². The van der Waals surface area contributed by atoms with Crippen LogP contribution in [0.15, 0.2) is 35.2 Å². The maximum atomic E-state index is 12.0. The van der Waals surface area contributed by atoms with E-state index in [-0.39, 0.29) is 11.6 Å². The van der Waals surface area contributed by atoms with Crippen molar-refractivity contribution in [1.82, 2.24) is 4.90 Å². The molecular weight excluding hydrogens is 282 g/mol. The van der Waals surface area contributed by atoms with Gasteiger partial charge in [0.25, 0.3) is 0 Å². The minimum Gasteiger partial charge on any atom is -0.459 e. The maximum absolute atomic E-state index is 12.0. The SMILES string of the molecule is CN1CCC(C)(OC(=O)CCCSc2ccccc2)CC1. The quantitative estimate of drug-likeness (QED) is 0.456. The topological polar surface area (TPSA) is 29.5 Å². The summed E-state index contributed by atoms with van der Waals surface area (Å²) in [5.41, 5.74) is -0.254. The van der Waals surface area contributed by atoms with Crippen LogP contribution in [0.1, 0.15) is 32.6 Å². The maximum Gasteiger partial charge on any atom is 0.306 e. The van der Waals surface area contributed by atoms with Gasteiger partial charge in [0.05, 0.1) is 0 Å². The summed E-state index contributed by atoms with van der Waals surface area (Å²) in [7, 11) is 2.11. The fraction of sp³-hybridized carbons (Fsp3) is 0.588. The summed E-state index contributed by atoms with van der Waals surface area (Å²) in [5.74, 6) is 0.911. The van der Waals surface area contributed by atoms with Crippen LogP contribution in [0.3, 0.4) is 0 Å². The van der Waals surface area contributed by atoms with Crippen molar-refractivity contribution >= 4 is 17.7 Å². The number of benzene rings is 1. The van der Waals surface area contributed by atoms with Gasteiger partial charge in [-0.1, -0.05) is 18.2 Å². The zero-order valence-electron chi connectivity index (χ0n) is 13.0. The van der Waals surface area contributed by atoms with E-state index in [1.807, 2.05) is 18.2 Å². The monoisotopic (exact) mass is 307 g/mol. The number of hydrogen-bond acceptors (Lipinski definition) is 4. The number of nitrogens with zero attached hydrogens (tertiary/aromatic N) is 1. The van der Waals surface area contributed by atoms with E-state index in [9.17, 15) is 4.79 Å². The van der Waals surface area contributed by atoms with E-state index >= 15 is 0 Å². The van der Waals surface area contributed by atoms with Gasteiger partial charge >= 0.3 is 5.97 Å². The third-order valence-electron chi connectivity index (χ3n) is 3.94. The van der Waals surface area contributed by atoms with Gasteiger partial charge in [0.2, 0.25) is 0 Å². The number of likely N-dealkylation sites (tertiary alicyclic amines) is 1. The van der Waals surface area contributed by atoms with Gasteiger partial charge in [-0.2, -0.15) is 0 Å². The molecule has 2 rings (SSSR count). The molecule has 21 heavy (non-hydrogen) atoms. The van der Waals surface area contributed by atoms with Gasteiger partial charge in [0.1, 0.15) is 5.60 Å². The van der Waals surface area contributed by atoms with E-state index < -0.39 is 0 Å².